The molecule has 0 heterocycles. The molecule has 4 heteroatoms. The topological polar surface area (TPSA) is 40.5 Å². The molecule has 0 radical (unpaired) electrons. The molecule has 3 nitrogen and oxygen atoms in total. The minimum absolute atomic E-state index is 0.0423. The summed E-state index contributed by atoms with van der Waals surface area (Å²) in [5, 5.41) is 10.2. The summed E-state index contributed by atoms with van der Waals surface area (Å²) < 4.78 is 0. The highest BCUT2D eigenvalue weighted by atomic mass is 35.5. The fourth-order valence-corrected chi connectivity index (χ4v) is 2.47. The van der Waals surface area contributed by atoms with Crippen molar-refractivity contribution in [2.75, 3.05) is 11.4 Å². The van der Waals surface area contributed by atoms with Crippen molar-refractivity contribution >= 4 is 23.2 Å². The minimum Gasteiger partial charge on any atom is -0.508 e. The predicted molar refractivity (Wildman–Crippen MR) is 86.0 cm³/mol. The van der Waals surface area contributed by atoms with Crippen LogP contribution in [0.1, 0.15) is 18.1 Å². The summed E-state index contributed by atoms with van der Waals surface area (Å²) in [6.07, 6.45) is 0.239. The third kappa shape index (κ3) is 3.56. The number of aryl methyl sites for hydroxylation is 1. The summed E-state index contributed by atoms with van der Waals surface area (Å²) in [6.45, 7) is 4.36. The number of rotatable bonds is 4. The number of anilines is 1. The van der Waals surface area contributed by atoms with Gasteiger partial charge in [-0.2, -0.15) is 0 Å². The second-order valence-corrected chi connectivity index (χ2v) is 5.28. The first-order valence-electron chi connectivity index (χ1n) is 6.86. The van der Waals surface area contributed by atoms with E-state index >= 15 is 0 Å². The molecule has 0 atom stereocenters. The monoisotopic (exact) mass is 303 g/mol. The molecule has 0 aliphatic rings. The molecule has 110 valence electrons. The van der Waals surface area contributed by atoms with Gasteiger partial charge in [-0.25, -0.2) is 0 Å². The number of carbonyl (C=O) groups is 1. The van der Waals surface area contributed by atoms with Gasteiger partial charge >= 0.3 is 0 Å². The van der Waals surface area contributed by atoms with Gasteiger partial charge in [-0.3, -0.25) is 4.79 Å². The van der Waals surface area contributed by atoms with Crippen LogP contribution in [0.5, 0.6) is 5.75 Å². The van der Waals surface area contributed by atoms with E-state index in [0.717, 1.165) is 16.8 Å². The Bertz CT molecular complexity index is 655. The Balaban J connectivity index is 2.27. The maximum absolute atomic E-state index is 12.5. The van der Waals surface area contributed by atoms with Gasteiger partial charge in [0.2, 0.25) is 5.91 Å². The molecule has 1 N–H and O–H groups in total. The zero-order valence-electron chi connectivity index (χ0n) is 12.1. The van der Waals surface area contributed by atoms with Crippen LogP contribution in [0.2, 0.25) is 5.02 Å². The average molecular weight is 304 g/mol. The first-order valence-corrected chi connectivity index (χ1v) is 7.24. The highest BCUT2D eigenvalue weighted by Crippen LogP contribution is 2.26. The van der Waals surface area contributed by atoms with Crippen molar-refractivity contribution in [1.82, 2.24) is 0 Å². The fourth-order valence-electron chi connectivity index (χ4n) is 2.27. The summed E-state index contributed by atoms with van der Waals surface area (Å²) in [6, 6.07) is 12.4. The second-order valence-electron chi connectivity index (χ2n) is 4.88. The number of halogens is 1. The number of benzene rings is 2. The summed E-state index contributed by atoms with van der Waals surface area (Å²) in [7, 11) is 0. The van der Waals surface area contributed by atoms with Gasteiger partial charge in [0.05, 0.1) is 12.1 Å². The Morgan fingerprint density at radius 2 is 1.95 bits per heavy atom. The van der Waals surface area contributed by atoms with Crippen molar-refractivity contribution in [1.29, 1.82) is 0 Å². The number of hydrogen-bond acceptors (Lipinski definition) is 2. The van der Waals surface area contributed by atoms with Crippen LogP contribution in [0.4, 0.5) is 5.69 Å². The molecule has 0 aliphatic carbocycles. The summed E-state index contributed by atoms with van der Waals surface area (Å²) in [5.74, 6) is 0.110. The molecular formula is C17H18ClNO2. The molecule has 2 aromatic rings. The molecule has 0 aliphatic heterocycles. The number of amides is 1. The highest BCUT2D eigenvalue weighted by molar-refractivity contribution is 6.31. The lowest BCUT2D eigenvalue weighted by molar-refractivity contribution is -0.117. The van der Waals surface area contributed by atoms with Crippen LogP contribution in [0.25, 0.3) is 0 Å². The van der Waals surface area contributed by atoms with Crippen LogP contribution in [0, 0.1) is 6.92 Å². The van der Waals surface area contributed by atoms with Gasteiger partial charge in [0.1, 0.15) is 5.75 Å². The van der Waals surface area contributed by atoms with Crippen molar-refractivity contribution in [2.45, 2.75) is 20.3 Å². The smallest absolute Gasteiger partial charge is 0.231 e. The summed E-state index contributed by atoms with van der Waals surface area (Å²) >= 11 is 6.11. The van der Waals surface area contributed by atoms with Gasteiger partial charge < -0.3 is 10.0 Å². The third-order valence-electron chi connectivity index (χ3n) is 3.40. The number of hydrogen-bond donors (Lipinski definition) is 1. The molecular weight excluding hydrogens is 286 g/mol. The lowest BCUT2D eigenvalue weighted by Crippen LogP contribution is -2.32. The Kier molecular flexibility index (Phi) is 4.86. The van der Waals surface area contributed by atoms with Gasteiger partial charge in [-0.05, 0) is 37.1 Å². The number of likely N-dealkylation sites (N-methyl/N-ethyl adjacent to an activating group) is 1. The van der Waals surface area contributed by atoms with E-state index in [2.05, 4.69) is 0 Å². The number of phenols is 1. The molecule has 0 saturated heterocycles. The van der Waals surface area contributed by atoms with Crippen molar-refractivity contribution in [3.05, 3.63) is 58.6 Å². The van der Waals surface area contributed by atoms with E-state index < -0.39 is 0 Å². The Morgan fingerprint density at radius 1 is 1.24 bits per heavy atom. The predicted octanol–water partition coefficient (Wildman–Crippen LogP) is 3.95. The molecule has 21 heavy (non-hydrogen) atoms. The van der Waals surface area contributed by atoms with E-state index in [1.54, 1.807) is 29.2 Å². The van der Waals surface area contributed by atoms with Gasteiger partial charge in [-0.1, -0.05) is 35.9 Å². The van der Waals surface area contributed by atoms with Crippen LogP contribution in [-0.4, -0.2) is 17.6 Å². The van der Waals surface area contributed by atoms with Gasteiger partial charge in [-0.15, -0.1) is 0 Å². The molecule has 2 rings (SSSR count). The summed E-state index contributed by atoms with van der Waals surface area (Å²) in [4.78, 5) is 14.2. The normalized spacial score (nSPS) is 10.4. The number of carbonyl (C=O) groups excluding carboxylic acids is 1. The second kappa shape index (κ2) is 6.64. The van der Waals surface area contributed by atoms with E-state index in [0.29, 0.717) is 11.6 Å². The summed E-state index contributed by atoms with van der Waals surface area (Å²) in [5.41, 5.74) is 2.48. The van der Waals surface area contributed by atoms with Gasteiger partial charge in [0.15, 0.2) is 0 Å². The van der Waals surface area contributed by atoms with E-state index in [1.165, 1.54) is 0 Å². The zero-order chi connectivity index (χ0) is 15.4. The molecule has 0 fully saturated rings. The van der Waals surface area contributed by atoms with Crippen molar-refractivity contribution in [3.8, 4) is 5.75 Å². The third-order valence-corrected chi connectivity index (χ3v) is 3.77. The van der Waals surface area contributed by atoms with E-state index in [1.807, 2.05) is 32.0 Å². The molecule has 0 unspecified atom stereocenters. The largest absolute Gasteiger partial charge is 0.508 e. The molecule has 0 saturated carbocycles. The van der Waals surface area contributed by atoms with Gasteiger partial charge in [0, 0.05) is 17.6 Å². The lowest BCUT2D eigenvalue weighted by Gasteiger charge is -2.23. The first kappa shape index (κ1) is 15.4. The van der Waals surface area contributed by atoms with E-state index in [-0.39, 0.29) is 18.1 Å². The molecule has 0 bridgehead atoms. The lowest BCUT2D eigenvalue weighted by atomic mass is 10.1. The van der Waals surface area contributed by atoms with Crippen molar-refractivity contribution in [2.24, 2.45) is 0 Å². The van der Waals surface area contributed by atoms with Crippen molar-refractivity contribution in [3.63, 3.8) is 0 Å². The molecule has 0 aromatic heterocycles. The maximum Gasteiger partial charge on any atom is 0.231 e. The SMILES string of the molecule is CCN(C(=O)Cc1ccccc1Cl)c1cc(O)ccc1C. The number of phenolic OH excluding ortho intramolecular Hbond substituents is 1. The molecule has 1 amide bonds. The van der Waals surface area contributed by atoms with Crippen LogP contribution in [-0.2, 0) is 11.2 Å². The fraction of sp³-hybridized carbons (Fsp3) is 0.235. The minimum atomic E-state index is -0.0423. The number of aromatic hydroxyl groups is 1. The molecule has 2 aromatic carbocycles. The number of nitrogens with zero attached hydrogens (tertiary/aromatic N) is 1. The van der Waals surface area contributed by atoms with Crippen LogP contribution in [0.3, 0.4) is 0 Å². The van der Waals surface area contributed by atoms with E-state index in [4.69, 9.17) is 11.6 Å². The highest BCUT2D eigenvalue weighted by Gasteiger charge is 2.17. The average Bonchev–Trinajstić information content (AvgIpc) is 2.46. The Hall–Kier alpha value is -2.00. The van der Waals surface area contributed by atoms with Crippen LogP contribution >= 0.6 is 11.6 Å². The van der Waals surface area contributed by atoms with Crippen molar-refractivity contribution < 1.29 is 9.90 Å². The zero-order valence-corrected chi connectivity index (χ0v) is 12.9. The van der Waals surface area contributed by atoms with Crippen LogP contribution in [0.15, 0.2) is 42.5 Å². The standard InChI is InChI=1S/C17H18ClNO2/c1-3-19(16-11-14(20)9-8-12(16)2)17(21)10-13-6-4-5-7-15(13)18/h4-9,11,20H,3,10H2,1-2H3. The maximum atomic E-state index is 12.5. The van der Waals surface area contributed by atoms with E-state index in [9.17, 15) is 9.90 Å². The van der Waals surface area contributed by atoms with Crippen LogP contribution < -0.4 is 4.90 Å². The Labute approximate surface area is 129 Å². The first-order chi connectivity index (χ1) is 10.0. The van der Waals surface area contributed by atoms with Gasteiger partial charge in [0.25, 0.3) is 0 Å². The quantitative estimate of drug-likeness (QED) is 0.929. The molecule has 0 spiro atoms. The Morgan fingerprint density at radius 3 is 2.62 bits per heavy atom.